The Hall–Kier alpha value is -1.52. The molecule has 5 nitrogen and oxygen atoms in total. The Morgan fingerprint density at radius 3 is 2.71 bits per heavy atom. The number of fused-ring (bicyclic) bond motifs is 1. The van der Waals surface area contributed by atoms with Gasteiger partial charge in [0, 0.05) is 19.1 Å². The summed E-state index contributed by atoms with van der Waals surface area (Å²) in [6.45, 7) is 6.84. The minimum absolute atomic E-state index is 0.108. The molecular formula is C16H26N2O3. The number of carbonyl (C=O) groups excluding carboxylic acids is 1. The van der Waals surface area contributed by atoms with Gasteiger partial charge in [0.2, 0.25) is 0 Å². The molecular weight excluding hydrogens is 268 g/mol. The lowest BCUT2D eigenvalue weighted by molar-refractivity contribution is -0.141. The maximum absolute atomic E-state index is 12.8. The number of hydrogen-bond donors (Lipinski definition) is 1. The number of carboxylic acids is 1. The van der Waals surface area contributed by atoms with E-state index >= 15 is 0 Å². The minimum atomic E-state index is -0.868. The first kappa shape index (κ1) is 15.9. The molecule has 1 heterocycles. The van der Waals surface area contributed by atoms with Gasteiger partial charge < -0.3 is 14.9 Å². The van der Waals surface area contributed by atoms with Crippen LogP contribution in [0.3, 0.4) is 0 Å². The Morgan fingerprint density at radius 1 is 1.38 bits per heavy atom. The van der Waals surface area contributed by atoms with Crippen molar-refractivity contribution in [2.75, 3.05) is 13.1 Å². The first-order chi connectivity index (χ1) is 10.1. The van der Waals surface area contributed by atoms with E-state index in [1.807, 2.05) is 6.92 Å². The van der Waals surface area contributed by atoms with E-state index < -0.39 is 12.0 Å². The lowest BCUT2D eigenvalue weighted by Gasteiger charge is -2.36. The lowest BCUT2D eigenvalue weighted by Crippen LogP contribution is -2.52. The van der Waals surface area contributed by atoms with Crippen molar-refractivity contribution in [3.63, 3.8) is 0 Å². The quantitative estimate of drug-likeness (QED) is 0.793. The molecule has 1 saturated carbocycles. The topological polar surface area (TPSA) is 60.9 Å². The number of nitrogens with zero attached hydrogens (tertiary/aromatic N) is 2. The van der Waals surface area contributed by atoms with Crippen LogP contribution in [0.4, 0.5) is 4.79 Å². The van der Waals surface area contributed by atoms with E-state index in [0.717, 1.165) is 32.1 Å². The Labute approximate surface area is 126 Å². The summed E-state index contributed by atoms with van der Waals surface area (Å²) < 4.78 is 0. The summed E-state index contributed by atoms with van der Waals surface area (Å²) in [5.41, 5.74) is 0. The maximum Gasteiger partial charge on any atom is 0.326 e. The van der Waals surface area contributed by atoms with Gasteiger partial charge in [0.05, 0.1) is 0 Å². The van der Waals surface area contributed by atoms with Crippen molar-refractivity contribution in [1.82, 2.24) is 9.80 Å². The molecule has 1 aliphatic heterocycles. The normalized spacial score (nSPS) is 28.0. The summed E-state index contributed by atoms with van der Waals surface area (Å²) in [7, 11) is 0. The number of carbonyl (C=O) groups is 2. The van der Waals surface area contributed by atoms with Crippen LogP contribution in [0, 0.1) is 5.92 Å². The van der Waals surface area contributed by atoms with Gasteiger partial charge in [-0.15, -0.1) is 6.58 Å². The first-order valence-electron chi connectivity index (χ1n) is 8.01. The van der Waals surface area contributed by atoms with Gasteiger partial charge in [-0.25, -0.2) is 9.59 Å². The van der Waals surface area contributed by atoms with E-state index in [0.29, 0.717) is 25.4 Å². The number of rotatable bonds is 5. The molecule has 21 heavy (non-hydrogen) atoms. The third-order valence-corrected chi connectivity index (χ3v) is 4.71. The smallest absolute Gasteiger partial charge is 0.326 e. The monoisotopic (exact) mass is 294 g/mol. The predicted octanol–water partition coefficient (Wildman–Crippen LogP) is 2.72. The van der Waals surface area contributed by atoms with E-state index in [2.05, 4.69) is 6.58 Å². The molecule has 0 aromatic carbocycles. The zero-order valence-corrected chi connectivity index (χ0v) is 12.8. The second-order valence-corrected chi connectivity index (χ2v) is 6.13. The highest BCUT2D eigenvalue weighted by Crippen LogP contribution is 2.40. The Morgan fingerprint density at radius 2 is 2.10 bits per heavy atom. The Bertz CT molecular complexity index is 410. The third kappa shape index (κ3) is 3.22. The summed E-state index contributed by atoms with van der Waals surface area (Å²) in [6, 6.07) is -0.676. The van der Waals surface area contributed by atoms with E-state index in [1.165, 1.54) is 0 Å². The predicted molar refractivity (Wildman–Crippen MR) is 81.1 cm³/mol. The number of amides is 2. The number of aliphatic carboxylic acids is 1. The van der Waals surface area contributed by atoms with Gasteiger partial charge in [-0.1, -0.05) is 25.8 Å². The van der Waals surface area contributed by atoms with Crippen LogP contribution in [0.5, 0.6) is 0 Å². The molecule has 2 fully saturated rings. The Balaban J connectivity index is 2.21. The average molecular weight is 294 g/mol. The van der Waals surface area contributed by atoms with Gasteiger partial charge >= 0.3 is 12.0 Å². The van der Waals surface area contributed by atoms with Gasteiger partial charge in [-0.3, -0.25) is 0 Å². The van der Waals surface area contributed by atoms with Crippen molar-refractivity contribution >= 4 is 12.0 Å². The van der Waals surface area contributed by atoms with Crippen LogP contribution in [0.2, 0.25) is 0 Å². The number of likely N-dealkylation sites (tertiary alicyclic amines) is 1. The van der Waals surface area contributed by atoms with E-state index in [1.54, 1.807) is 15.9 Å². The van der Waals surface area contributed by atoms with Crippen LogP contribution in [0.15, 0.2) is 12.7 Å². The van der Waals surface area contributed by atoms with Crippen LogP contribution < -0.4 is 0 Å². The zero-order chi connectivity index (χ0) is 15.4. The van der Waals surface area contributed by atoms with Crippen LogP contribution in [-0.2, 0) is 4.79 Å². The van der Waals surface area contributed by atoms with Gasteiger partial charge in [-0.2, -0.15) is 0 Å². The highest BCUT2D eigenvalue weighted by atomic mass is 16.4. The minimum Gasteiger partial charge on any atom is -0.480 e. The highest BCUT2D eigenvalue weighted by molar-refractivity contribution is 5.84. The fourth-order valence-corrected chi connectivity index (χ4v) is 3.81. The van der Waals surface area contributed by atoms with Crippen molar-refractivity contribution in [3.8, 4) is 0 Å². The standard InChI is InChI=1S/C16H26N2O3/c1-3-9-17(10-4-2)16(21)18-13-8-6-5-7-12(13)11-14(18)15(19)20/h3,12-14H,1,4-11H2,2H3,(H,19,20). The van der Waals surface area contributed by atoms with Crippen molar-refractivity contribution in [2.24, 2.45) is 5.92 Å². The first-order valence-corrected chi connectivity index (χ1v) is 8.01. The van der Waals surface area contributed by atoms with Crippen LogP contribution in [-0.4, -0.2) is 52.1 Å². The SMILES string of the molecule is C=CCN(CCC)C(=O)N1C(C(=O)O)CC2CCCCC21. The van der Waals surface area contributed by atoms with Crippen LogP contribution in [0.25, 0.3) is 0 Å². The van der Waals surface area contributed by atoms with Gasteiger partial charge in [0.1, 0.15) is 6.04 Å². The molecule has 0 aromatic heterocycles. The summed E-state index contributed by atoms with van der Waals surface area (Å²) in [5, 5.41) is 9.49. The van der Waals surface area contributed by atoms with E-state index in [-0.39, 0.29) is 12.1 Å². The highest BCUT2D eigenvalue weighted by Gasteiger charge is 2.48. The molecule has 0 radical (unpaired) electrons. The lowest BCUT2D eigenvalue weighted by atomic mass is 9.85. The molecule has 118 valence electrons. The molecule has 2 aliphatic rings. The van der Waals surface area contributed by atoms with E-state index in [4.69, 9.17) is 0 Å². The summed E-state index contributed by atoms with van der Waals surface area (Å²) in [4.78, 5) is 27.8. The molecule has 0 aromatic rings. The molecule has 3 unspecified atom stereocenters. The van der Waals surface area contributed by atoms with Gasteiger partial charge in [0.15, 0.2) is 0 Å². The molecule has 1 saturated heterocycles. The van der Waals surface area contributed by atoms with E-state index in [9.17, 15) is 14.7 Å². The second kappa shape index (κ2) is 6.96. The molecule has 1 aliphatic carbocycles. The van der Waals surface area contributed by atoms with Crippen molar-refractivity contribution in [1.29, 1.82) is 0 Å². The third-order valence-electron chi connectivity index (χ3n) is 4.71. The fraction of sp³-hybridized carbons (Fsp3) is 0.750. The molecule has 0 bridgehead atoms. The molecule has 3 atom stereocenters. The van der Waals surface area contributed by atoms with Gasteiger partial charge in [-0.05, 0) is 31.6 Å². The maximum atomic E-state index is 12.8. The molecule has 2 rings (SSSR count). The summed E-state index contributed by atoms with van der Waals surface area (Å²) >= 11 is 0. The molecule has 1 N–H and O–H groups in total. The average Bonchev–Trinajstić information content (AvgIpc) is 2.86. The van der Waals surface area contributed by atoms with Crippen LogP contribution in [0.1, 0.15) is 45.4 Å². The summed E-state index contributed by atoms with van der Waals surface area (Å²) in [5.74, 6) is -0.510. The zero-order valence-electron chi connectivity index (χ0n) is 12.8. The fourth-order valence-electron chi connectivity index (χ4n) is 3.81. The van der Waals surface area contributed by atoms with Crippen molar-refractivity contribution in [2.45, 2.75) is 57.5 Å². The largest absolute Gasteiger partial charge is 0.480 e. The second-order valence-electron chi connectivity index (χ2n) is 6.13. The van der Waals surface area contributed by atoms with Crippen molar-refractivity contribution in [3.05, 3.63) is 12.7 Å². The number of carboxylic acid groups (broad SMARTS) is 1. The number of urea groups is 1. The molecule has 5 heteroatoms. The van der Waals surface area contributed by atoms with Crippen molar-refractivity contribution < 1.29 is 14.7 Å². The van der Waals surface area contributed by atoms with Gasteiger partial charge in [0.25, 0.3) is 0 Å². The molecule has 0 spiro atoms. The summed E-state index contributed by atoms with van der Waals surface area (Å²) in [6.07, 6.45) is 7.41. The van der Waals surface area contributed by atoms with Crippen LogP contribution >= 0.6 is 0 Å². The number of hydrogen-bond acceptors (Lipinski definition) is 2. The Kier molecular flexibility index (Phi) is 5.26. The molecule has 2 amide bonds.